The van der Waals surface area contributed by atoms with Gasteiger partial charge in [0.1, 0.15) is 5.75 Å². The van der Waals surface area contributed by atoms with Gasteiger partial charge in [0.15, 0.2) is 17.5 Å². The van der Waals surface area contributed by atoms with Crippen LogP contribution in [-0.2, 0) is 16.1 Å². The molecule has 1 atom stereocenters. The molecule has 240 valence electrons. The number of morpholine rings is 1. The molecule has 0 aliphatic carbocycles. The zero-order valence-electron chi connectivity index (χ0n) is 25.3. The summed E-state index contributed by atoms with van der Waals surface area (Å²) in [5.41, 5.74) is 2.00. The third kappa shape index (κ3) is 8.13. The average Bonchev–Trinajstić information content (AvgIpc) is 3.03. The number of ether oxygens (including phenoxy) is 2. The number of methoxy groups -OCH3 is 1. The van der Waals surface area contributed by atoms with Crippen LogP contribution in [-0.4, -0.2) is 84.0 Å². The van der Waals surface area contributed by atoms with Crippen LogP contribution >= 0.6 is 0 Å². The number of halogens is 3. The largest absolute Gasteiger partial charge is 0.497 e. The molecule has 2 aromatic carbocycles. The van der Waals surface area contributed by atoms with Crippen molar-refractivity contribution < 1.29 is 37.7 Å². The molecule has 3 aromatic rings. The Morgan fingerprint density at radius 2 is 1.80 bits per heavy atom. The molecular weight excluding hydrogens is 587 g/mol. The van der Waals surface area contributed by atoms with Gasteiger partial charge in [-0.05, 0) is 85.6 Å². The number of likely N-dealkylation sites (tertiary alicyclic amines) is 1. The summed E-state index contributed by atoms with van der Waals surface area (Å²) in [5, 5.41) is 22.4. The van der Waals surface area contributed by atoms with E-state index < -0.39 is 34.9 Å². The number of piperidine rings is 1. The number of aliphatic hydroxyl groups excluding tert-OH is 1. The van der Waals surface area contributed by atoms with Crippen molar-refractivity contribution in [3.63, 3.8) is 0 Å². The summed E-state index contributed by atoms with van der Waals surface area (Å²) >= 11 is 0. The van der Waals surface area contributed by atoms with Gasteiger partial charge in [0.05, 0.1) is 44.9 Å². The highest BCUT2D eigenvalue weighted by Gasteiger charge is 2.37. The van der Waals surface area contributed by atoms with Crippen molar-refractivity contribution in [1.82, 2.24) is 14.8 Å². The zero-order chi connectivity index (χ0) is 32.0. The first-order valence-corrected chi connectivity index (χ1v) is 15.2. The summed E-state index contributed by atoms with van der Waals surface area (Å²) in [6.07, 6.45) is 3.05. The predicted octanol–water partition coefficient (Wildman–Crippen LogP) is 4.92. The lowest BCUT2D eigenvalue weighted by atomic mass is 9.71. The number of carbonyl (C=O) groups is 1. The molecule has 8 nitrogen and oxygen atoms in total. The number of hydrogen-bond acceptors (Lipinski definition) is 7. The molecule has 0 spiro atoms. The second-order valence-electron chi connectivity index (χ2n) is 11.9. The van der Waals surface area contributed by atoms with Crippen LogP contribution in [0.1, 0.15) is 54.9 Å². The van der Waals surface area contributed by atoms with Crippen molar-refractivity contribution >= 4 is 16.9 Å². The summed E-state index contributed by atoms with van der Waals surface area (Å²) in [6.45, 7) is 4.97. The van der Waals surface area contributed by atoms with Crippen LogP contribution in [0, 0.1) is 34.7 Å². The van der Waals surface area contributed by atoms with E-state index in [-0.39, 0.29) is 12.0 Å². The van der Waals surface area contributed by atoms with Gasteiger partial charge in [-0.25, -0.2) is 13.2 Å². The Balaban J connectivity index is 1.30. The van der Waals surface area contributed by atoms with Gasteiger partial charge >= 0.3 is 5.97 Å². The fourth-order valence-corrected chi connectivity index (χ4v) is 6.37. The van der Waals surface area contributed by atoms with Crippen LogP contribution in [0.15, 0.2) is 36.5 Å². The van der Waals surface area contributed by atoms with Crippen LogP contribution in [0.4, 0.5) is 13.2 Å². The minimum atomic E-state index is -1.53. The normalized spacial score (nSPS) is 17.9. The number of benzene rings is 2. The van der Waals surface area contributed by atoms with E-state index in [4.69, 9.17) is 9.47 Å². The van der Waals surface area contributed by atoms with Gasteiger partial charge in [-0.1, -0.05) is 11.8 Å². The van der Waals surface area contributed by atoms with E-state index in [9.17, 15) is 28.2 Å². The quantitative estimate of drug-likeness (QED) is 0.243. The number of hydrogen-bond donors (Lipinski definition) is 2. The van der Waals surface area contributed by atoms with E-state index in [2.05, 4.69) is 26.6 Å². The lowest BCUT2D eigenvalue weighted by Gasteiger charge is -2.41. The topological polar surface area (TPSA) is 95.4 Å². The number of aromatic nitrogens is 1. The van der Waals surface area contributed by atoms with Crippen LogP contribution in [0.3, 0.4) is 0 Å². The summed E-state index contributed by atoms with van der Waals surface area (Å²) in [5.74, 6) is 1.24. The zero-order valence-corrected chi connectivity index (χ0v) is 25.3. The summed E-state index contributed by atoms with van der Waals surface area (Å²) < 4.78 is 51.2. The Bertz CT molecular complexity index is 1550. The van der Waals surface area contributed by atoms with Gasteiger partial charge in [0, 0.05) is 36.8 Å². The second-order valence-corrected chi connectivity index (χ2v) is 11.9. The molecule has 2 saturated heterocycles. The Kier molecular flexibility index (Phi) is 10.6. The van der Waals surface area contributed by atoms with Gasteiger partial charge < -0.3 is 19.7 Å². The van der Waals surface area contributed by atoms with E-state index in [0.717, 1.165) is 47.3 Å². The number of aliphatic hydroxyl groups is 1. The highest BCUT2D eigenvalue weighted by molar-refractivity contribution is 5.85. The minimum Gasteiger partial charge on any atom is -0.497 e. The number of nitrogens with zero attached hydrogens (tertiary/aromatic N) is 3. The number of carboxylic acids is 1. The maximum Gasteiger partial charge on any atom is 0.303 e. The number of aliphatic carboxylic acids is 1. The lowest BCUT2D eigenvalue weighted by Crippen LogP contribution is -2.41. The number of carboxylic acid groups (broad SMARTS) is 1. The Hall–Kier alpha value is -3.69. The van der Waals surface area contributed by atoms with E-state index >= 15 is 0 Å². The molecule has 0 radical (unpaired) electrons. The van der Waals surface area contributed by atoms with Gasteiger partial charge in [0.25, 0.3) is 0 Å². The van der Waals surface area contributed by atoms with E-state index in [1.54, 1.807) is 7.11 Å². The number of pyridine rings is 1. The van der Waals surface area contributed by atoms with Gasteiger partial charge in [0.2, 0.25) is 0 Å². The molecule has 11 heteroatoms. The van der Waals surface area contributed by atoms with Crippen LogP contribution in [0.25, 0.3) is 10.9 Å². The third-order valence-corrected chi connectivity index (χ3v) is 8.94. The molecule has 0 bridgehead atoms. The van der Waals surface area contributed by atoms with E-state index in [1.807, 2.05) is 24.4 Å². The molecule has 0 unspecified atom stereocenters. The Labute approximate surface area is 260 Å². The van der Waals surface area contributed by atoms with Crippen molar-refractivity contribution in [3.05, 3.63) is 70.7 Å². The fourth-order valence-electron chi connectivity index (χ4n) is 6.37. The molecule has 5 rings (SSSR count). The molecule has 2 aliphatic heterocycles. The van der Waals surface area contributed by atoms with E-state index in [1.165, 1.54) is 0 Å². The molecule has 0 saturated carbocycles. The highest BCUT2D eigenvalue weighted by atomic mass is 19.2. The van der Waals surface area contributed by atoms with E-state index in [0.29, 0.717) is 70.8 Å². The molecule has 1 aromatic heterocycles. The van der Waals surface area contributed by atoms with Crippen molar-refractivity contribution in [1.29, 1.82) is 0 Å². The standard InChI is InChI=1S/C34H38F3N3O5/c1-44-25-4-5-29-26(19-25)32(24(21-38-29)22-40-13-15-45-16-14-40)30(41)6-7-34(20-31(42)43)8-11-39(12-9-34)10-2-3-23-17-27(35)33(37)28(36)18-23/h4-5,17-19,21,30,41H,6-16,20,22H2,1H3,(H,42,43)/t30-/m0/s1. The molecule has 2 aliphatic rings. The molecule has 45 heavy (non-hydrogen) atoms. The minimum absolute atomic E-state index is 0.0150. The maximum absolute atomic E-state index is 13.5. The first-order valence-electron chi connectivity index (χ1n) is 15.2. The molecule has 0 amide bonds. The third-order valence-electron chi connectivity index (χ3n) is 8.94. The van der Waals surface area contributed by atoms with Crippen LogP contribution in [0.5, 0.6) is 5.75 Å². The summed E-state index contributed by atoms with van der Waals surface area (Å²) in [6, 6.07) is 7.32. The highest BCUT2D eigenvalue weighted by Crippen LogP contribution is 2.42. The monoisotopic (exact) mass is 625 g/mol. The second kappa shape index (κ2) is 14.6. The van der Waals surface area contributed by atoms with Crippen LogP contribution < -0.4 is 4.74 Å². The first kappa shape index (κ1) is 32.7. The Morgan fingerprint density at radius 1 is 1.09 bits per heavy atom. The van der Waals surface area contributed by atoms with Gasteiger partial charge in [-0.3, -0.25) is 19.6 Å². The fraction of sp³-hybridized carbons (Fsp3) is 0.471. The van der Waals surface area contributed by atoms with Crippen molar-refractivity contribution in [2.24, 2.45) is 5.41 Å². The summed E-state index contributed by atoms with van der Waals surface area (Å²) in [4.78, 5) is 21.0. The predicted molar refractivity (Wildman–Crippen MR) is 162 cm³/mol. The molecule has 2 fully saturated rings. The molecule has 2 N–H and O–H groups in total. The first-order chi connectivity index (χ1) is 21.7. The maximum atomic E-state index is 13.5. The lowest BCUT2D eigenvalue weighted by molar-refractivity contribution is -0.141. The van der Waals surface area contributed by atoms with Crippen LogP contribution in [0.2, 0.25) is 0 Å². The number of fused-ring (bicyclic) bond motifs is 1. The molecule has 3 heterocycles. The van der Waals surface area contributed by atoms with Crippen molar-refractivity contribution in [2.75, 3.05) is 53.0 Å². The van der Waals surface area contributed by atoms with Crippen molar-refractivity contribution in [3.8, 4) is 17.6 Å². The van der Waals surface area contributed by atoms with Crippen molar-refractivity contribution in [2.45, 2.75) is 44.8 Å². The summed E-state index contributed by atoms with van der Waals surface area (Å²) in [7, 11) is 1.60. The average molecular weight is 626 g/mol. The molecular formula is C34H38F3N3O5. The van der Waals surface area contributed by atoms with Gasteiger partial charge in [-0.2, -0.15) is 0 Å². The SMILES string of the molecule is COc1ccc2ncc(CN3CCOCC3)c([C@@H](O)CCC3(CC(=O)O)CCN(CC#Cc4cc(F)c(F)c(F)c4)CC3)c2c1. The van der Waals surface area contributed by atoms with Gasteiger partial charge in [-0.15, -0.1) is 0 Å². The number of rotatable bonds is 10. The smallest absolute Gasteiger partial charge is 0.303 e. The Morgan fingerprint density at radius 3 is 2.47 bits per heavy atom.